The summed E-state index contributed by atoms with van der Waals surface area (Å²) in [4.78, 5) is 13.6. The molecule has 6 nitrogen and oxygen atoms in total. The van der Waals surface area contributed by atoms with E-state index in [-0.39, 0.29) is 17.5 Å². The number of amidine groups is 1. The van der Waals surface area contributed by atoms with Crippen LogP contribution in [-0.2, 0) is 0 Å². The fraction of sp³-hybridized carbons (Fsp3) is 0.333. The van der Waals surface area contributed by atoms with Crippen molar-refractivity contribution in [1.82, 2.24) is 4.90 Å². The van der Waals surface area contributed by atoms with Crippen molar-refractivity contribution < 1.29 is 15.1 Å². The minimum Gasteiger partial charge on any atom is -0.508 e. The molecule has 0 aliphatic heterocycles. The third-order valence-electron chi connectivity index (χ3n) is 2.89. The number of phenols is 1. The van der Waals surface area contributed by atoms with Crippen molar-refractivity contribution >= 4 is 11.7 Å². The summed E-state index contributed by atoms with van der Waals surface area (Å²) >= 11 is 0. The van der Waals surface area contributed by atoms with Crippen LogP contribution in [0.25, 0.3) is 0 Å². The molecule has 1 aromatic carbocycles. The Morgan fingerprint density at radius 2 is 2.11 bits per heavy atom. The van der Waals surface area contributed by atoms with Crippen LogP contribution in [-0.4, -0.2) is 40.0 Å². The van der Waals surface area contributed by atoms with Crippen LogP contribution < -0.4 is 5.73 Å². The average molecular weight is 251 g/mol. The van der Waals surface area contributed by atoms with E-state index in [1.54, 1.807) is 27.0 Å². The van der Waals surface area contributed by atoms with Crippen LogP contribution in [0, 0.1) is 6.92 Å². The smallest absolute Gasteiger partial charge is 0.254 e. The average Bonchev–Trinajstić information content (AvgIpc) is 2.35. The summed E-state index contributed by atoms with van der Waals surface area (Å²) in [5.41, 5.74) is 6.59. The molecule has 0 saturated carbocycles. The van der Waals surface area contributed by atoms with Gasteiger partial charge in [-0.05, 0) is 37.6 Å². The minimum atomic E-state index is -0.518. The summed E-state index contributed by atoms with van der Waals surface area (Å²) in [6.45, 7) is 3.39. The van der Waals surface area contributed by atoms with Gasteiger partial charge in [-0.25, -0.2) is 0 Å². The number of oxime groups is 1. The first-order chi connectivity index (χ1) is 8.38. The molecule has 18 heavy (non-hydrogen) atoms. The topological polar surface area (TPSA) is 99.2 Å². The van der Waals surface area contributed by atoms with E-state index in [0.717, 1.165) is 0 Å². The quantitative estimate of drug-likeness (QED) is 0.322. The maximum Gasteiger partial charge on any atom is 0.254 e. The molecular weight excluding hydrogens is 234 g/mol. The number of nitrogens with zero attached hydrogens (tertiary/aromatic N) is 2. The van der Waals surface area contributed by atoms with E-state index in [4.69, 9.17) is 10.9 Å². The molecule has 98 valence electrons. The summed E-state index contributed by atoms with van der Waals surface area (Å²) in [6, 6.07) is 3.98. The molecule has 0 radical (unpaired) electrons. The zero-order valence-corrected chi connectivity index (χ0v) is 10.6. The molecule has 1 unspecified atom stereocenters. The van der Waals surface area contributed by atoms with Gasteiger partial charge in [0.1, 0.15) is 5.75 Å². The minimum absolute atomic E-state index is 0.0396. The number of likely N-dealkylation sites (N-methyl/N-ethyl adjacent to an activating group) is 1. The Bertz CT molecular complexity index is 485. The van der Waals surface area contributed by atoms with E-state index in [1.807, 2.05) is 0 Å². The van der Waals surface area contributed by atoms with Gasteiger partial charge in [0.25, 0.3) is 5.91 Å². The van der Waals surface area contributed by atoms with Gasteiger partial charge in [0.15, 0.2) is 5.84 Å². The summed E-state index contributed by atoms with van der Waals surface area (Å²) in [5.74, 6) is -0.190. The number of carbonyl (C=O) groups excluding carboxylic acids is 1. The second-order valence-electron chi connectivity index (χ2n) is 4.12. The largest absolute Gasteiger partial charge is 0.508 e. The van der Waals surface area contributed by atoms with E-state index in [2.05, 4.69) is 5.16 Å². The maximum absolute atomic E-state index is 12.2. The molecule has 0 spiro atoms. The molecule has 0 aromatic heterocycles. The monoisotopic (exact) mass is 251 g/mol. The van der Waals surface area contributed by atoms with E-state index in [1.165, 1.54) is 17.0 Å². The number of hydrogen-bond acceptors (Lipinski definition) is 4. The fourth-order valence-corrected chi connectivity index (χ4v) is 1.54. The molecule has 6 heteroatoms. The van der Waals surface area contributed by atoms with Crippen molar-refractivity contribution in [1.29, 1.82) is 0 Å². The number of nitrogens with two attached hydrogens (primary N) is 1. The van der Waals surface area contributed by atoms with E-state index in [0.29, 0.717) is 11.1 Å². The first kappa shape index (κ1) is 13.8. The maximum atomic E-state index is 12.2. The molecule has 0 bridgehead atoms. The molecule has 1 amide bonds. The van der Waals surface area contributed by atoms with Crippen molar-refractivity contribution in [2.24, 2.45) is 10.9 Å². The van der Waals surface area contributed by atoms with Crippen molar-refractivity contribution in [2.75, 3.05) is 7.05 Å². The van der Waals surface area contributed by atoms with Crippen molar-refractivity contribution in [3.63, 3.8) is 0 Å². The lowest BCUT2D eigenvalue weighted by Crippen LogP contribution is -2.44. The second-order valence-corrected chi connectivity index (χ2v) is 4.12. The second kappa shape index (κ2) is 5.39. The molecule has 0 aliphatic rings. The Balaban J connectivity index is 3.00. The molecule has 4 N–H and O–H groups in total. The SMILES string of the molecule is Cc1cc(O)ccc1C(=O)N(C)C(C)/C(N)=N/O. The van der Waals surface area contributed by atoms with Crippen LogP contribution in [0.1, 0.15) is 22.8 Å². The number of hydrogen-bond donors (Lipinski definition) is 3. The van der Waals surface area contributed by atoms with Crippen molar-refractivity contribution in [3.8, 4) is 5.75 Å². The van der Waals surface area contributed by atoms with Gasteiger partial charge in [0, 0.05) is 12.6 Å². The van der Waals surface area contributed by atoms with E-state index < -0.39 is 6.04 Å². The Morgan fingerprint density at radius 1 is 1.50 bits per heavy atom. The summed E-state index contributed by atoms with van der Waals surface area (Å²) < 4.78 is 0. The lowest BCUT2D eigenvalue weighted by atomic mass is 10.1. The standard InChI is InChI=1S/C12H17N3O3/c1-7-6-9(16)4-5-10(7)12(17)15(3)8(2)11(13)14-18/h4-6,8,16,18H,1-3H3,(H2,13,14). The Labute approximate surface area is 105 Å². The van der Waals surface area contributed by atoms with Crippen LogP contribution >= 0.6 is 0 Å². The Morgan fingerprint density at radius 3 is 2.61 bits per heavy atom. The fourth-order valence-electron chi connectivity index (χ4n) is 1.54. The molecule has 0 saturated heterocycles. The van der Waals surface area contributed by atoms with Gasteiger partial charge < -0.3 is 20.9 Å². The van der Waals surface area contributed by atoms with Gasteiger partial charge in [0.2, 0.25) is 0 Å². The zero-order valence-electron chi connectivity index (χ0n) is 10.6. The number of carbonyl (C=O) groups is 1. The molecule has 1 atom stereocenters. The van der Waals surface area contributed by atoms with Gasteiger partial charge in [-0.2, -0.15) is 0 Å². The molecule has 1 rings (SSSR count). The normalized spacial score (nSPS) is 13.2. The van der Waals surface area contributed by atoms with Crippen LogP contribution in [0.2, 0.25) is 0 Å². The van der Waals surface area contributed by atoms with Gasteiger partial charge >= 0.3 is 0 Å². The first-order valence-electron chi connectivity index (χ1n) is 5.42. The van der Waals surface area contributed by atoms with Crippen LogP contribution in [0.5, 0.6) is 5.75 Å². The van der Waals surface area contributed by atoms with E-state index in [9.17, 15) is 9.90 Å². The predicted molar refractivity (Wildman–Crippen MR) is 67.8 cm³/mol. The summed E-state index contributed by atoms with van der Waals surface area (Å²) in [7, 11) is 1.57. The van der Waals surface area contributed by atoms with Gasteiger partial charge in [0.05, 0.1) is 6.04 Å². The first-order valence-corrected chi connectivity index (χ1v) is 5.42. The molecular formula is C12H17N3O3. The number of amides is 1. The highest BCUT2D eigenvalue weighted by Crippen LogP contribution is 2.17. The molecule has 0 fully saturated rings. The number of rotatable bonds is 3. The van der Waals surface area contributed by atoms with Crippen LogP contribution in [0.4, 0.5) is 0 Å². The third-order valence-corrected chi connectivity index (χ3v) is 2.89. The lowest BCUT2D eigenvalue weighted by molar-refractivity contribution is 0.0775. The molecule has 1 aromatic rings. The highest BCUT2D eigenvalue weighted by molar-refractivity contribution is 5.99. The van der Waals surface area contributed by atoms with E-state index >= 15 is 0 Å². The Hall–Kier alpha value is -2.24. The molecule has 0 aliphatic carbocycles. The Kier molecular flexibility index (Phi) is 4.14. The van der Waals surface area contributed by atoms with Crippen molar-refractivity contribution in [2.45, 2.75) is 19.9 Å². The van der Waals surface area contributed by atoms with Crippen molar-refractivity contribution in [3.05, 3.63) is 29.3 Å². The lowest BCUT2D eigenvalue weighted by Gasteiger charge is -2.24. The summed E-state index contributed by atoms with van der Waals surface area (Å²) in [5, 5.41) is 20.8. The highest BCUT2D eigenvalue weighted by atomic mass is 16.4. The summed E-state index contributed by atoms with van der Waals surface area (Å²) in [6.07, 6.45) is 0. The third kappa shape index (κ3) is 2.71. The van der Waals surface area contributed by atoms with Crippen LogP contribution in [0.3, 0.4) is 0 Å². The van der Waals surface area contributed by atoms with Gasteiger partial charge in [-0.1, -0.05) is 5.16 Å². The zero-order chi connectivity index (χ0) is 13.9. The van der Waals surface area contributed by atoms with Crippen LogP contribution in [0.15, 0.2) is 23.4 Å². The number of benzene rings is 1. The number of aromatic hydroxyl groups is 1. The van der Waals surface area contributed by atoms with Gasteiger partial charge in [-0.15, -0.1) is 0 Å². The number of phenolic OH excluding ortho intramolecular Hbond substituents is 1. The van der Waals surface area contributed by atoms with Gasteiger partial charge in [-0.3, -0.25) is 4.79 Å². The molecule has 0 heterocycles. The number of aryl methyl sites for hydroxylation is 1. The predicted octanol–water partition coefficient (Wildman–Crippen LogP) is 0.908. The highest BCUT2D eigenvalue weighted by Gasteiger charge is 2.21.